The first-order valence-corrected chi connectivity index (χ1v) is 11.3. The molecular weight excluding hydrogens is 376 g/mol. The highest BCUT2D eigenvalue weighted by Gasteiger charge is 2.47. The molecule has 2 aliphatic heterocycles. The molecule has 7 heteroatoms. The first-order chi connectivity index (χ1) is 12.8. The van der Waals surface area contributed by atoms with Gasteiger partial charge in [0.05, 0.1) is 4.90 Å². The van der Waals surface area contributed by atoms with Crippen molar-refractivity contribution < 1.29 is 17.9 Å². The number of amides is 1. The molecule has 2 atom stereocenters. The quantitative estimate of drug-likeness (QED) is 0.747. The number of ether oxygens (including phenoxy) is 1. The van der Waals surface area contributed by atoms with Gasteiger partial charge in [0.2, 0.25) is 10.0 Å². The minimum absolute atomic E-state index is 0.0273. The summed E-state index contributed by atoms with van der Waals surface area (Å²) in [4.78, 5) is 14.6. The molecule has 3 rings (SSSR count). The van der Waals surface area contributed by atoms with E-state index >= 15 is 0 Å². The van der Waals surface area contributed by atoms with Crippen LogP contribution in [-0.4, -0.2) is 54.5 Å². The number of fused-ring (bicyclic) bond motifs is 2. The zero-order valence-corrected chi connectivity index (χ0v) is 18.5. The smallest absolute Gasteiger partial charge is 0.410 e. The van der Waals surface area contributed by atoms with E-state index in [2.05, 4.69) is 20.8 Å². The Morgan fingerprint density at radius 3 is 1.89 bits per heavy atom. The van der Waals surface area contributed by atoms with Gasteiger partial charge >= 0.3 is 6.09 Å². The molecule has 156 valence electrons. The second kappa shape index (κ2) is 7.02. The molecule has 1 aromatic carbocycles. The third kappa shape index (κ3) is 4.20. The van der Waals surface area contributed by atoms with Crippen LogP contribution in [-0.2, 0) is 20.2 Å². The third-order valence-corrected chi connectivity index (χ3v) is 7.26. The maximum atomic E-state index is 13.2. The Morgan fingerprint density at radius 2 is 1.46 bits per heavy atom. The standard InChI is InChI=1S/C21H32N2O4S/c1-20(2,3)15-7-11-18(12-8-15)28(25,26)22-13-16-9-10-17(14-22)23(16)19(24)27-21(4,5)6/h7-8,11-12,16-17H,9-10,13-14H2,1-6H3. The summed E-state index contributed by atoms with van der Waals surface area (Å²) in [6, 6.07) is 6.90. The highest BCUT2D eigenvalue weighted by atomic mass is 32.2. The van der Waals surface area contributed by atoms with Crippen molar-refractivity contribution in [3.63, 3.8) is 0 Å². The molecule has 2 aliphatic rings. The van der Waals surface area contributed by atoms with Crippen LogP contribution in [0.5, 0.6) is 0 Å². The van der Waals surface area contributed by atoms with Crippen LogP contribution in [0.3, 0.4) is 0 Å². The summed E-state index contributed by atoms with van der Waals surface area (Å²) in [7, 11) is -3.58. The first-order valence-electron chi connectivity index (χ1n) is 9.91. The van der Waals surface area contributed by atoms with Crippen molar-refractivity contribution in [3.8, 4) is 0 Å². The van der Waals surface area contributed by atoms with E-state index in [1.165, 1.54) is 4.31 Å². The average Bonchev–Trinajstić information content (AvgIpc) is 2.82. The number of sulfonamides is 1. The second-order valence-electron chi connectivity index (χ2n) is 9.87. The van der Waals surface area contributed by atoms with Crippen molar-refractivity contribution in [2.24, 2.45) is 0 Å². The van der Waals surface area contributed by atoms with Gasteiger partial charge in [-0.15, -0.1) is 0 Å². The number of hydrogen-bond acceptors (Lipinski definition) is 4. The monoisotopic (exact) mass is 408 g/mol. The van der Waals surface area contributed by atoms with E-state index in [4.69, 9.17) is 4.74 Å². The maximum absolute atomic E-state index is 13.2. The molecule has 0 radical (unpaired) electrons. The fraction of sp³-hybridized carbons (Fsp3) is 0.667. The van der Waals surface area contributed by atoms with Crippen molar-refractivity contribution in [2.45, 2.75) is 82.4 Å². The number of nitrogens with zero attached hydrogens (tertiary/aromatic N) is 2. The largest absolute Gasteiger partial charge is 0.444 e. The lowest BCUT2D eigenvalue weighted by molar-refractivity contribution is 0.00382. The molecule has 1 amide bonds. The van der Waals surface area contributed by atoms with Gasteiger partial charge in [0, 0.05) is 25.2 Å². The van der Waals surface area contributed by atoms with E-state index in [0.29, 0.717) is 18.0 Å². The van der Waals surface area contributed by atoms with Crippen molar-refractivity contribution in [1.82, 2.24) is 9.21 Å². The molecule has 2 heterocycles. The normalized spacial score (nSPS) is 23.7. The Kier molecular flexibility index (Phi) is 5.30. The molecule has 2 bridgehead atoms. The van der Waals surface area contributed by atoms with Crippen molar-refractivity contribution in [2.75, 3.05) is 13.1 Å². The summed E-state index contributed by atoms with van der Waals surface area (Å²) in [6.07, 6.45) is 1.27. The molecule has 0 aromatic heterocycles. The first kappa shape index (κ1) is 21.1. The number of carbonyl (C=O) groups excluding carboxylic acids is 1. The lowest BCUT2D eigenvalue weighted by Crippen LogP contribution is -2.57. The second-order valence-corrected chi connectivity index (χ2v) is 11.8. The fourth-order valence-electron chi connectivity index (χ4n) is 3.95. The van der Waals surface area contributed by atoms with Crippen LogP contribution >= 0.6 is 0 Å². The van der Waals surface area contributed by atoms with Crippen LogP contribution in [0.25, 0.3) is 0 Å². The summed E-state index contributed by atoms with van der Waals surface area (Å²) < 4.78 is 33.4. The Morgan fingerprint density at radius 1 is 0.964 bits per heavy atom. The van der Waals surface area contributed by atoms with Crippen molar-refractivity contribution >= 4 is 16.1 Å². The summed E-state index contributed by atoms with van der Waals surface area (Å²) in [5, 5.41) is 0. The molecule has 1 aromatic rings. The van der Waals surface area contributed by atoms with Gasteiger partial charge < -0.3 is 4.74 Å². The van der Waals surface area contributed by atoms with Gasteiger partial charge in [-0.05, 0) is 56.7 Å². The number of piperazine rings is 1. The number of rotatable bonds is 2. The minimum atomic E-state index is -3.58. The third-order valence-electron chi connectivity index (χ3n) is 5.41. The van der Waals surface area contributed by atoms with Gasteiger partial charge in [-0.3, -0.25) is 4.90 Å². The summed E-state index contributed by atoms with van der Waals surface area (Å²) in [6.45, 7) is 12.5. The molecule has 2 unspecified atom stereocenters. The Hall–Kier alpha value is -1.60. The van der Waals surface area contributed by atoms with Crippen LogP contribution < -0.4 is 0 Å². The average molecular weight is 409 g/mol. The van der Waals surface area contributed by atoms with Gasteiger partial charge in [0.1, 0.15) is 5.60 Å². The van der Waals surface area contributed by atoms with E-state index < -0.39 is 15.6 Å². The number of benzene rings is 1. The highest BCUT2D eigenvalue weighted by Crippen LogP contribution is 2.34. The van der Waals surface area contributed by atoms with Crippen LogP contribution in [0.1, 0.15) is 59.9 Å². The lowest BCUT2D eigenvalue weighted by atomic mass is 9.87. The summed E-state index contributed by atoms with van der Waals surface area (Å²) in [5.74, 6) is 0. The van der Waals surface area contributed by atoms with Gasteiger partial charge in [0.15, 0.2) is 0 Å². The highest BCUT2D eigenvalue weighted by molar-refractivity contribution is 7.89. The molecule has 2 fully saturated rings. The Bertz CT molecular complexity index is 821. The van der Waals surface area contributed by atoms with Crippen LogP contribution in [0.2, 0.25) is 0 Å². The fourth-order valence-corrected chi connectivity index (χ4v) is 5.46. The van der Waals surface area contributed by atoms with Gasteiger partial charge in [-0.1, -0.05) is 32.9 Å². The predicted octanol–water partition coefficient (Wildman–Crippen LogP) is 3.76. The Balaban J connectivity index is 1.77. The predicted molar refractivity (Wildman–Crippen MR) is 109 cm³/mol. The van der Waals surface area contributed by atoms with E-state index in [1.54, 1.807) is 17.0 Å². The van der Waals surface area contributed by atoms with E-state index in [0.717, 1.165) is 18.4 Å². The van der Waals surface area contributed by atoms with Crippen LogP contribution in [0.4, 0.5) is 4.79 Å². The SMILES string of the molecule is CC(C)(C)OC(=O)N1C2CCC1CN(S(=O)(=O)c1ccc(C(C)(C)C)cc1)C2. The molecule has 28 heavy (non-hydrogen) atoms. The molecule has 6 nitrogen and oxygen atoms in total. The topological polar surface area (TPSA) is 66.9 Å². The zero-order valence-electron chi connectivity index (χ0n) is 17.7. The Labute approximate surface area is 168 Å². The number of hydrogen-bond donors (Lipinski definition) is 0. The molecular formula is C21H32N2O4S. The van der Waals surface area contributed by atoms with Gasteiger partial charge in [0.25, 0.3) is 0 Å². The minimum Gasteiger partial charge on any atom is -0.444 e. The number of carbonyl (C=O) groups is 1. The van der Waals surface area contributed by atoms with E-state index in [1.807, 2.05) is 32.9 Å². The molecule has 0 saturated carbocycles. The molecule has 0 spiro atoms. The lowest BCUT2D eigenvalue weighted by Gasteiger charge is -2.40. The van der Waals surface area contributed by atoms with Crippen LogP contribution in [0, 0.1) is 0 Å². The van der Waals surface area contributed by atoms with E-state index in [9.17, 15) is 13.2 Å². The van der Waals surface area contributed by atoms with Crippen LogP contribution in [0.15, 0.2) is 29.2 Å². The van der Waals surface area contributed by atoms with Crippen molar-refractivity contribution in [3.05, 3.63) is 29.8 Å². The molecule has 0 aliphatic carbocycles. The molecule has 0 N–H and O–H groups in total. The van der Waals surface area contributed by atoms with Gasteiger partial charge in [-0.25, -0.2) is 13.2 Å². The summed E-state index contributed by atoms with van der Waals surface area (Å²) >= 11 is 0. The summed E-state index contributed by atoms with van der Waals surface area (Å²) in [5.41, 5.74) is 0.510. The van der Waals surface area contributed by atoms with E-state index in [-0.39, 0.29) is 23.6 Å². The maximum Gasteiger partial charge on any atom is 0.410 e. The van der Waals surface area contributed by atoms with Gasteiger partial charge in [-0.2, -0.15) is 4.31 Å². The van der Waals surface area contributed by atoms with Crippen molar-refractivity contribution in [1.29, 1.82) is 0 Å². The zero-order chi connectivity index (χ0) is 20.9. The molecule has 2 saturated heterocycles.